The third-order valence-electron chi connectivity index (χ3n) is 2.51. The van der Waals surface area contributed by atoms with Gasteiger partial charge in [0, 0.05) is 23.7 Å². The highest BCUT2D eigenvalue weighted by Crippen LogP contribution is 2.15. The minimum atomic E-state index is 0.578. The molecule has 0 aliphatic heterocycles. The van der Waals surface area contributed by atoms with E-state index in [1.807, 2.05) is 19.2 Å². The van der Waals surface area contributed by atoms with Crippen molar-refractivity contribution in [3.63, 3.8) is 0 Å². The van der Waals surface area contributed by atoms with Crippen LogP contribution in [0.1, 0.15) is 38.8 Å². The van der Waals surface area contributed by atoms with Gasteiger partial charge in [-0.3, -0.25) is 0 Å². The summed E-state index contributed by atoms with van der Waals surface area (Å²) >= 11 is 1.75. The summed E-state index contributed by atoms with van der Waals surface area (Å²) in [7, 11) is 0. The lowest BCUT2D eigenvalue weighted by Gasteiger charge is -2.16. The maximum absolute atomic E-state index is 4.41. The molecular weight excluding hydrogens is 230 g/mol. The van der Waals surface area contributed by atoms with Gasteiger partial charge >= 0.3 is 0 Å². The molecular formula is C13H23N3S. The molecule has 0 saturated carbocycles. The zero-order valence-corrected chi connectivity index (χ0v) is 11.9. The van der Waals surface area contributed by atoms with Gasteiger partial charge in [-0.1, -0.05) is 32.0 Å². The van der Waals surface area contributed by atoms with Crippen LogP contribution >= 0.6 is 11.8 Å². The Labute approximate surface area is 109 Å². The van der Waals surface area contributed by atoms with Crippen LogP contribution in [0.4, 0.5) is 0 Å². The molecule has 0 aliphatic carbocycles. The number of aryl methyl sites for hydroxylation is 1. The van der Waals surface area contributed by atoms with Crippen molar-refractivity contribution in [2.24, 2.45) is 0 Å². The first kappa shape index (κ1) is 14.5. The standard InChI is InChI=1S/C13H23N3S/c1-4-6-12(14-8-5-2)10-17-13-15-9-7-11(3)16-13/h7,9,12,14H,4-6,8,10H2,1-3H3. The van der Waals surface area contributed by atoms with E-state index in [0.717, 1.165) is 23.1 Å². The number of thioether (sulfide) groups is 1. The van der Waals surface area contributed by atoms with Gasteiger partial charge in [-0.2, -0.15) is 0 Å². The first-order valence-electron chi connectivity index (χ1n) is 6.42. The zero-order valence-electron chi connectivity index (χ0n) is 11.1. The molecule has 0 aliphatic rings. The highest BCUT2D eigenvalue weighted by atomic mass is 32.2. The smallest absolute Gasteiger partial charge is 0.187 e. The second-order valence-corrected chi connectivity index (χ2v) is 5.22. The molecule has 0 saturated heterocycles. The van der Waals surface area contributed by atoms with Crippen LogP contribution in [0.5, 0.6) is 0 Å². The van der Waals surface area contributed by atoms with Crippen molar-refractivity contribution in [1.29, 1.82) is 0 Å². The summed E-state index contributed by atoms with van der Waals surface area (Å²) in [5, 5.41) is 4.47. The van der Waals surface area contributed by atoms with Crippen LogP contribution in [0.15, 0.2) is 17.4 Å². The van der Waals surface area contributed by atoms with Gasteiger partial charge < -0.3 is 5.32 Å². The Balaban J connectivity index is 2.39. The maximum atomic E-state index is 4.41. The highest BCUT2D eigenvalue weighted by Gasteiger charge is 2.08. The topological polar surface area (TPSA) is 37.8 Å². The van der Waals surface area contributed by atoms with Crippen LogP contribution in [0, 0.1) is 6.92 Å². The van der Waals surface area contributed by atoms with Gasteiger partial charge in [-0.25, -0.2) is 9.97 Å². The lowest BCUT2D eigenvalue weighted by Crippen LogP contribution is -2.31. The van der Waals surface area contributed by atoms with Gasteiger partial charge in [0.2, 0.25) is 0 Å². The van der Waals surface area contributed by atoms with Crippen LogP contribution in [0.25, 0.3) is 0 Å². The van der Waals surface area contributed by atoms with Crippen LogP contribution in [-0.2, 0) is 0 Å². The quantitative estimate of drug-likeness (QED) is 0.571. The van der Waals surface area contributed by atoms with E-state index in [2.05, 4.69) is 29.1 Å². The molecule has 4 heteroatoms. The number of nitrogens with one attached hydrogen (secondary N) is 1. The lowest BCUT2D eigenvalue weighted by molar-refractivity contribution is 0.514. The highest BCUT2D eigenvalue weighted by molar-refractivity contribution is 7.99. The van der Waals surface area contributed by atoms with Gasteiger partial charge in [-0.05, 0) is 32.4 Å². The Kier molecular flexibility index (Phi) is 7.21. The second kappa shape index (κ2) is 8.48. The van der Waals surface area contributed by atoms with Crippen molar-refractivity contribution in [3.8, 4) is 0 Å². The van der Waals surface area contributed by atoms with Gasteiger partial charge in [0.25, 0.3) is 0 Å². The van der Waals surface area contributed by atoms with Crippen LogP contribution in [-0.4, -0.2) is 28.3 Å². The molecule has 0 radical (unpaired) electrons. The Hall–Kier alpha value is -0.610. The molecule has 0 spiro atoms. The SMILES string of the molecule is CCCNC(CCC)CSc1nccc(C)n1. The molecule has 0 bridgehead atoms. The molecule has 1 aromatic rings. The molecule has 96 valence electrons. The summed E-state index contributed by atoms with van der Waals surface area (Å²) in [4.78, 5) is 8.69. The second-order valence-electron chi connectivity index (χ2n) is 4.23. The molecule has 0 aromatic carbocycles. The summed E-state index contributed by atoms with van der Waals surface area (Å²) < 4.78 is 0. The monoisotopic (exact) mass is 253 g/mol. The van der Waals surface area contributed by atoms with Gasteiger partial charge in [-0.15, -0.1) is 0 Å². The first-order chi connectivity index (χ1) is 8.26. The fraction of sp³-hybridized carbons (Fsp3) is 0.692. The molecule has 1 atom stereocenters. The third kappa shape index (κ3) is 6.03. The predicted molar refractivity (Wildman–Crippen MR) is 74.5 cm³/mol. The van der Waals surface area contributed by atoms with Crippen molar-refractivity contribution in [2.45, 2.75) is 51.2 Å². The van der Waals surface area contributed by atoms with Crippen molar-refractivity contribution >= 4 is 11.8 Å². The fourth-order valence-corrected chi connectivity index (χ4v) is 2.59. The van der Waals surface area contributed by atoms with Gasteiger partial charge in [0.05, 0.1) is 0 Å². The third-order valence-corrected chi connectivity index (χ3v) is 3.53. The van der Waals surface area contributed by atoms with Crippen molar-refractivity contribution < 1.29 is 0 Å². The average molecular weight is 253 g/mol. The first-order valence-corrected chi connectivity index (χ1v) is 7.40. The van der Waals surface area contributed by atoms with E-state index in [1.54, 1.807) is 11.8 Å². The largest absolute Gasteiger partial charge is 0.313 e. The Morgan fingerprint density at radius 2 is 2.18 bits per heavy atom. The number of hydrogen-bond acceptors (Lipinski definition) is 4. The molecule has 1 rings (SSSR count). The molecule has 1 unspecified atom stereocenters. The Bertz CT molecular complexity index is 317. The zero-order chi connectivity index (χ0) is 12.5. The van der Waals surface area contributed by atoms with E-state index in [-0.39, 0.29) is 0 Å². The van der Waals surface area contributed by atoms with E-state index in [9.17, 15) is 0 Å². The van der Waals surface area contributed by atoms with Gasteiger partial charge in [0.1, 0.15) is 0 Å². The van der Waals surface area contributed by atoms with Crippen molar-refractivity contribution in [1.82, 2.24) is 15.3 Å². The summed E-state index contributed by atoms with van der Waals surface area (Å²) in [5.74, 6) is 1.05. The number of aromatic nitrogens is 2. The Morgan fingerprint density at radius 1 is 1.35 bits per heavy atom. The number of nitrogens with zero attached hydrogens (tertiary/aromatic N) is 2. The minimum absolute atomic E-state index is 0.578. The minimum Gasteiger partial charge on any atom is -0.313 e. The summed E-state index contributed by atoms with van der Waals surface area (Å²) in [6.45, 7) is 7.53. The van der Waals surface area contributed by atoms with Crippen LogP contribution in [0.3, 0.4) is 0 Å². The Morgan fingerprint density at radius 3 is 2.82 bits per heavy atom. The molecule has 3 nitrogen and oxygen atoms in total. The van der Waals surface area contributed by atoms with E-state index >= 15 is 0 Å². The summed E-state index contributed by atoms with van der Waals surface area (Å²) in [5.41, 5.74) is 1.04. The number of hydrogen-bond donors (Lipinski definition) is 1. The molecule has 1 heterocycles. The molecule has 1 aromatic heterocycles. The van der Waals surface area contributed by atoms with E-state index in [0.29, 0.717) is 6.04 Å². The maximum Gasteiger partial charge on any atom is 0.187 e. The van der Waals surface area contributed by atoms with E-state index in [4.69, 9.17) is 0 Å². The van der Waals surface area contributed by atoms with Gasteiger partial charge in [0.15, 0.2) is 5.16 Å². The van der Waals surface area contributed by atoms with Crippen LogP contribution in [0.2, 0.25) is 0 Å². The predicted octanol–water partition coefficient (Wildman–Crippen LogP) is 3.05. The lowest BCUT2D eigenvalue weighted by atomic mass is 10.2. The normalized spacial score (nSPS) is 12.6. The molecule has 1 N–H and O–H groups in total. The molecule has 17 heavy (non-hydrogen) atoms. The van der Waals surface area contributed by atoms with Crippen molar-refractivity contribution in [3.05, 3.63) is 18.0 Å². The van der Waals surface area contributed by atoms with E-state index in [1.165, 1.54) is 19.3 Å². The van der Waals surface area contributed by atoms with E-state index < -0.39 is 0 Å². The van der Waals surface area contributed by atoms with Crippen LogP contribution < -0.4 is 5.32 Å². The fourth-order valence-electron chi connectivity index (χ4n) is 1.61. The summed E-state index contributed by atoms with van der Waals surface area (Å²) in [6, 6.07) is 2.51. The average Bonchev–Trinajstić information content (AvgIpc) is 2.33. The molecule has 0 amide bonds. The van der Waals surface area contributed by atoms with Crippen molar-refractivity contribution in [2.75, 3.05) is 12.3 Å². The number of rotatable bonds is 8. The summed E-state index contributed by atoms with van der Waals surface area (Å²) in [6.07, 6.45) is 5.46. The molecule has 0 fully saturated rings.